The average Bonchev–Trinajstić information content (AvgIpc) is 3.04. The van der Waals surface area contributed by atoms with Crippen molar-refractivity contribution in [2.45, 2.75) is 12.5 Å². The van der Waals surface area contributed by atoms with Gasteiger partial charge in [-0.15, -0.1) is 0 Å². The fourth-order valence-corrected chi connectivity index (χ4v) is 2.32. The van der Waals surface area contributed by atoms with Crippen molar-refractivity contribution < 1.29 is 13.9 Å². The Morgan fingerprint density at radius 3 is 2.96 bits per heavy atom. The monoisotopic (exact) mass is 312 g/mol. The van der Waals surface area contributed by atoms with Gasteiger partial charge < -0.3 is 14.1 Å². The third-order valence-corrected chi connectivity index (χ3v) is 3.43. The summed E-state index contributed by atoms with van der Waals surface area (Å²) in [5.41, 5.74) is -0.0829. The lowest BCUT2D eigenvalue weighted by Crippen LogP contribution is -2.31. The van der Waals surface area contributed by atoms with Crippen LogP contribution in [0.1, 0.15) is 22.5 Å². The molecule has 0 spiro atoms. The second-order valence-corrected chi connectivity index (χ2v) is 4.95. The van der Waals surface area contributed by atoms with Gasteiger partial charge in [-0.05, 0) is 6.07 Å². The number of rotatable bonds is 3. The number of carbonyl (C=O) groups is 1. The van der Waals surface area contributed by atoms with Crippen molar-refractivity contribution in [3.63, 3.8) is 0 Å². The lowest BCUT2D eigenvalue weighted by Gasteiger charge is -2.16. The molecule has 3 rings (SSSR count). The highest BCUT2D eigenvalue weighted by molar-refractivity contribution is 5.93. The van der Waals surface area contributed by atoms with Gasteiger partial charge in [0.1, 0.15) is 18.4 Å². The molecule has 2 aromatic rings. The van der Waals surface area contributed by atoms with Gasteiger partial charge in [0, 0.05) is 31.4 Å². The molecule has 1 saturated heterocycles. The molecule has 0 radical (unpaired) electrons. The van der Waals surface area contributed by atoms with Crippen LogP contribution in [-0.2, 0) is 0 Å². The summed E-state index contributed by atoms with van der Waals surface area (Å²) in [5.74, 6) is -0.0699. The number of nitrogens with zero attached hydrogens (tertiary/aromatic N) is 4. The Balaban J connectivity index is 1.66. The number of likely N-dealkylation sites (tertiary alicyclic amines) is 1. The smallest absolute Gasteiger partial charge is 0.335 e. The molecule has 0 N–H and O–H groups in total. The minimum Gasteiger partial charge on any atom is -0.470 e. The summed E-state index contributed by atoms with van der Waals surface area (Å²) in [5, 5.41) is 8.97. The summed E-state index contributed by atoms with van der Waals surface area (Å²) in [6.07, 6.45) is 4.36. The molecule has 2 aromatic heterocycles. The summed E-state index contributed by atoms with van der Waals surface area (Å²) >= 11 is 0. The zero-order valence-electron chi connectivity index (χ0n) is 12.0. The Kier molecular flexibility index (Phi) is 4.01. The fraction of sp³-hybridized carbons (Fsp3) is 0.267. The van der Waals surface area contributed by atoms with Crippen LogP contribution in [0.3, 0.4) is 0 Å². The molecular formula is C15H12N4O4. The molecular weight excluding hydrogens is 300 g/mol. The fourth-order valence-electron chi connectivity index (χ4n) is 2.32. The van der Waals surface area contributed by atoms with Gasteiger partial charge in [0.25, 0.3) is 11.8 Å². The Hall–Kier alpha value is -3.21. The van der Waals surface area contributed by atoms with Gasteiger partial charge in [-0.2, -0.15) is 5.26 Å². The topological polar surface area (TPSA) is 109 Å². The number of aromatic nitrogens is 2. The summed E-state index contributed by atoms with van der Waals surface area (Å²) in [6.45, 7) is 0.865. The highest BCUT2D eigenvalue weighted by Crippen LogP contribution is 2.19. The van der Waals surface area contributed by atoms with Crippen molar-refractivity contribution >= 4 is 5.91 Å². The van der Waals surface area contributed by atoms with Gasteiger partial charge in [-0.1, -0.05) is 0 Å². The number of hydrogen-bond acceptors (Lipinski definition) is 7. The molecule has 1 atom stereocenters. The molecule has 1 aliphatic rings. The minimum atomic E-state index is -0.504. The van der Waals surface area contributed by atoms with Crippen molar-refractivity contribution in [3.8, 4) is 11.9 Å². The molecule has 116 valence electrons. The average molecular weight is 312 g/mol. The van der Waals surface area contributed by atoms with Crippen molar-refractivity contribution in [2.75, 3.05) is 13.1 Å². The first-order chi connectivity index (χ1) is 11.2. The van der Waals surface area contributed by atoms with Crippen LogP contribution in [0, 0.1) is 11.3 Å². The van der Waals surface area contributed by atoms with E-state index < -0.39 is 5.63 Å². The molecule has 23 heavy (non-hydrogen) atoms. The predicted octanol–water partition coefficient (Wildman–Crippen LogP) is 0.595. The Labute approximate surface area is 131 Å². The maximum absolute atomic E-state index is 12.3. The lowest BCUT2D eigenvalue weighted by molar-refractivity contribution is 0.0768. The van der Waals surface area contributed by atoms with Gasteiger partial charge >= 0.3 is 5.63 Å². The van der Waals surface area contributed by atoms with Gasteiger partial charge in [0.2, 0.25) is 5.69 Å². The molecule has 8 nitrogen and oxygen atoms in total. The first-order valence-corrected chi connectivity index (χ1v) is 6.93. The highest BCUT2D eigenvalue weighted by atomic mass is 16.5. The van der Waals surface area contributed by atoms with E-state index in [9.17, 15) is 9.59 Å². The predicted molar refractivity (Wildman–Crippen MR) is 76.7 cm³/mol. The SMILES string of the molecule is N#Cc1nccnc1OC1CCN(C(=O)c2ccc(=O)oc2)C1. The van der Waals surface area contributed by atoms with Gasteiger partial charge in [0.15, 0.2) is 0 Å². The Morgan fingerprint density at radius 2 is 2.22 bits per heavy atom. The molecule has 1 fully saturated rings. The summed E-state index contributed by atoms with van der Waals surface area (Å²) in [6, 6.07) is 4.55. The van der Waals surface area contributed by atoms with Crippen LogP contribution < -0.4 is 10.4 Å². The van der Waals surface area contributed by atoms with Crippen LogP contribution in [0.15, 0.2) is 40.0 Å². The largest absolute Gasteiger partial charge is 0.470 e. The van der Waals surface area contributed by atoms with Gasteiger partial charge in [-0.25, -0.2) is 14.8 Å². The van der Waals surface area contributed by atoms with E-state index in [1.54, 1.807) is 4.90 Å². The maximum Gasteiger partial charge on any atom is 0.335 e. The third-order valence-electron chi connectivity index (χ3n) is 3.43. The van der Waals surface area contributed by atoms with E-state index >= 15 is 0 Å². The van der Waals surface area contributed by atoms with E-state index in [-0.39, 0.29) is 23.6 Å². The molecule has 1 amide bonds. The second kappa shape index (κ2) is 6.27. The normalized spacial score (nSPS) is 16.8. The van der Waals surface area contributed by atoms with Crippen molar-refractivity contribution in [1.82, 2.24) is 14.9 Å². The molecule has 0 bridgehead atoms. The van der Waals surface area contributed by atoms with Crippen LogP contribution in [0.5, 0.6) is 5.88 Å². The summed E-state index contributed by atoms with van der Waals surface area (Å²) < 4.78 is 10.4. The van der Waals surface area contributed by atoms with Crippen molar-refractivity contribution in [3.05, 3.63) is 52.5 Å². The zero-order chi connectivity index (χ0) is 16.2. The summed E-state index contributed by atoms with van der Waals surface area (Å²) in [4.78, 5) is 32.7. The maximum atomic E-state index is 12.3. The van der Waals surface area contributed by atoms with Crippen LogP contribution in [-0.4, -0.2) is 40.0 Å². The molecule has 1 unspecified atom stereocenters. The minimum absolute atomic E-state index is 0.113. The van der Waals surface area contributed by atoms with Crippen LogP contribution >= 0.6 is 0 Å². The summed E-state index contributed by atoms with van der Waals surface area (Å²) in [7, 11) is 0. The van der Waals surface area contributed by atoms with Gasteiger partial charge in [-0.3, -0.25) is 4.79 Å². The van der Waals surface area contributed by atoms with Crippen molar-refractivity contribution in [1.29, 1.82) is 5.26 Å². The number of hydrogen-bond donors (Lipinski definition) is 0. The number of carbonyl (C=O) groups excluding carboxylic acids is 1. The lowest BCUT2D eigenvalue weighted by atomic mass is 10.2. The van der Waals surface area contributed by atoms with Crippen molar-refractivity contribution in [2.24, 2.45) is 0 Å². The standard InChI is InChI=1S/C15H12N4O4/c16-7-12-14(18-5-4-17-12)23-11-3-6-19(8-11)15(21)10-1-2-13(20)22-9-10/h1-2,4-5,9,11H,3,6,8H2. The van der Waals surface area contributed by atoms with E-state index in [4.69, 9.17) is 14.4 Å². The first-order valence-electron chi connectivity index (χ1n) is 6.93. The second-order valence-electron chi connectivity index (χ2n) is 4.95. The first kappa shape index (κ1) is 14.7. The quantitative estimate of drug-likeness (QED) is 0.816. The highest BCUT2D eigenvalue weighted by Gasteiger charge is 2.29. The van der Waals surface area contributed by atoms with E-state index in [0.717, 1.165) is 6.26 Å². The van der Waals surface area contributed by atoms with E-state index in [2.05, 4.69) is 9.97 Å². The third kappa shape index (κ3) is 3.18. The molecule has 1 aliphatic heterocycles. The van der Waals surface area contributed by atoms with E-state index in [1.165, 1.54) is 24.5 Å². The Bertz CT molecular complexity index is 806. The number of ether oxygens (including phenoxy) is 1. The molecule has 3 heterocycles. The molecule has 0 aliphatic carbocycles. The Morgan fingerprint density at radius 1 is 1.39 bits per heavy atom. The van der Waals surface area contributed by atoms with Gasteiger partial charge in [0.05, 0.1) is 12.1 Å². The number of nitriles is 1. The van der Waals surface area contributed by atoms with Crippen LogP contribution in [0.4, 0.5) is 0 Å². The van der Waals surface area contributed by atoms with E-state index in [0.29, 0.717) is 25.1 Å². The molecule has 0 saturated carbocycles. The molecule has 8 heteroatoms. The van der Waals surface area contributed by atoms with Crippen LogP contribution in [0.25, 0.3) is 0 Å². The number of amides is 1. The zero-order valence-corrected chi connectivity index (χ0v) is 12.0. The van der Waals surface area contributed by atoms with E-state index in [1.807, 2.05) is 6.07 Å². The van der Waals surface area contributed by atoms with Crippen LogP contribution in [0.2, 0.25) is 0 Å². The molecule has 0 aromatic carbocycles.